The van der Waals surface area contributed by atoms with E-state index >= 15 is 0 Å². The molecule has 2 amide bonds. The summed E-state index contributed by atoms with van der Waals surface area (Å²) in [5.41, 5.74) is 1.33. The highest BCUT2D eigenvalue weighted by Crippen LogP contribution is 2.39. The Morgan fingerprint density at radius 2 is 1.05 bits per heavy atom. The molecule has 0 bridgehead atoms. The first-order valence-electron chi connectivity index (χ1n) is 19.3. The van der Waals surface area contributed by atoms with Gasteiger partial charge in [-0.25, -0.2) is 18.7 Å². The number of carbonyl (C=O) groups excluding carboxylic acids is 2. The summed E-state index contributed by atoms with van der Waals surface area (Å²) in [5.74, 6) is -4.90. The maximum absolute atomic E-state index is 14.3. The van der Waals surface area contributed by atoms with Crippen molar-refractivity contribution in [1.29, 1.82) is 0 Å². The number of aryl methyl sites for hydroxylation is 2. The SMILES string of the molecule is COc1ccc(C(=O)N[C@@H](CC(=O)O)c2ccccc2C)nc1-c1ccc(F)cc1F.COc1ccc(C(=O)N[C@@H](CC(=O)O)c2ccccc2C)nc1-c1ccccc1C(F)(F)F. The number of methoxy groups -OCH3 is 2. The second kappa shape index (κ2) is 20.9. The van der Waals surface area contributed by atoms with Gasteiger partial charge in [0.2, 0.25) is 0 Å². The smallest absolute Gasteiger partial charge is 0.417 e. The zero-order valence-electron chi connectivity index (χ0n) is 34.7. The first-order valence-corrected chi connectivity index (χ1v) is 19.3. The molecule has 2 aromatic heterocycles. The Kier molecular flexibility index (Phi) is 15.5. The van der Waals surface area contributed by atoms with Crippen molar-refractivity contribution in [2.45, 2.75) is 44.9 Å². The van der Waals surface area contributed by atoms with E-state index in [9.17, 15) is 51.3 Å². The summed E-state index contributed by atoms with van der Waals surface area (Å²) in [6.45, 7) is 3.60. The molecule has 0 spiro atoms. The minimum atomic E-state index is -4.64. The first-order chi connectivity index (χ1) is 30.4. The Morgan fingerprint density at radius 1 is 0.609 bits per heavy atom. The van der Waals surface area contributed by atoms with Crippen LogP contribution in [0.25, 0.3) is 22.5 Å². The number of alkyl halides is 3. The topological polar surface area (TPSA) is 177 Å². The lowest BCUT2D eigenvalue weighted by molar-refractivity contribution is -0.138. The second-order valence-electron chi connectivity index (χ2n) is 14.1. The van der Waals surface area contributed by atoms with Crippen LogP contribution in [0, 0.1) is 25.5 Å². The number of aliphatic carboxylic acids is 2. The standard InChI is InChI=1S/C24H21F3N2O4.C23H20F2N2O4/c1-14-7-3-4-8-15(14)19(13-21(30)31)29-23(32)18-11-12-20(33-2)22(28-18)16-9-5-6-10-17(16)24(25,26)27;1-13-5-3-4-6-15(13)19(12-21(28)29)27-23(30)18-9-10-20(31-2)22(26-18)16-8-7-14(24)11-17(16)25/h3-12,19H,13H2,1-2H3,(H,29,32)(H,30,31);3-11,19H,12H2,1-2H3,(H,27,30)(H,28,29)/t2*19-/m00/s1. The van der Waals surface area contributed by atoms with Crippen LogP contribution in [-0.2, 0) is 15.8 Å². The van der Waals surface area contributed by atoms with E-state index in [1.165, 1.54) is 62.8 Å². The molecule has 17 heteroatoms. The molecule has 0 saturated heterocycles. The predicted molar refractivity (Wildman–Crippen MR) is 225 cm³/mol. The molecule has 64 heavy (non-hydrogen) atoms. The summed E-state index contributed by atoms with van der Waals surface area (Å²) >= 11 is 0. The van der Waals surface area contributed by atoms with Crippen LogP contribution in [0.3, 0.4) is 0 Å². The van der Waals surface area contributed by atoms with Crippen molar-refractivity contribution in [1.82, 2.24) is 20.6 Å². The van der Waals surface area contributed by atoms with Crippen molar-refractivity contribution in [3.05, 3.63) is 166 Å². The maximum atomic E-state index is 14.3. The van der Waals surface area contributed by atoms with Crippen molar-refractivity contribution in [2.75, 3.05) is 14.2 Å². The molecule has 12 nitrogen and oxygen atoms in total. The van der Waals surface area contributed by atoms with Gasteiger partial charge in [0.25, 0.3) is 11.8 Å². The van der Waals surface area contributed by atoms with Crippen molar-refractivity contribution in [3.63, 3.8) is 0 Å². The Balaban J connectivity index is 0.000000241. The zero-order chi connectivity index (χ0) is 46.7. The highest BCUT2D eigenvalue weighted by molar-refractivity contribution is 5.94. The summed E-state index contributed by atoms with van der Waals surface area (Å²) in [4.78, 5) is 56.9. The predicted octanol–water partition coefficient (Wildman–Crippen LogP) is 9.32. The van der Waals surface area contributed by atoms with Gasteiger partial charge in [-0.05, 0) is 78.6 Å². The third kappa shape index (κ3) is 11.8. The van der Waals surface area contributed by atoms with E-state index in [1.807, 2.05) is 19.1 Å². The fourth-order valence-electron chi connectivity index (χ4n) is 6.73. The van der Waals surface area contributed by atoms with Crippen LogP contribution in [-0.4, -0.2) is 58.2 Å². The number of pyridine rings is 2. The third-order valence-electron chi connectivity index (χ3n) is 9.79. The van der Waals surface area contributed by atoms with E-state index in [-0.39, 0.29) is 58.2 Å². The Hall–Kier alpha value is -7.69. The van der Waals surface area contributed by atoms with E-state index in [2.05, 4.69) is 20.6 Å². The Bertz CT molecular complexity index is 2680. The number of hydrogen-bond acceptors (Lipinski definition) is 8. The van der Waals surface area contributed by atoms with Crippen molar-refractivity contribution >= 4 is 23.8 Å². The number of halogens is 5. The largest absolute Gasteiger partial charge is 0.494 e. The molecule has 0 aliphatic heterocycles. The van der Waals surface area contributed by atoms with Gasteiger partial charge < -0.3 is 30.3 Å². The quantitative estimate of drug-likeness (QED) is 0.0771. The van der Waals surface area contributed by atoms with Gasteiger partial charge >= 0.3 is 18.1 Å². The van der Waals surface area contributed by atoms with E-state index < -0.39 is 59.2 Å². The van der Waals surface area contributed by atoms with Crippen molar-refractivity contribution in [3.8, 4) is 34.0 Å². The number of amides is 2. The fraction of sp³-hybridized carbons (Fsp3) is 0.191. The highest BCUT2D eigenvalue weighted by atomic mass is 19.4. The molecule has 332 valence electrons. The number of nitrogens with one attached hydrogen (secondary N) is 2. The van der Waals surface area contributed by atoms with Gasteiger partial charge in [-0.2, -0.15) is 13.2 Å². The van der Waals surface area contributed by atoms with Crippen molar-refractivity contribution < 1.29 is 60.8 Å². The molecule has 0 aliphatic rings. The first kappa shape index (κ1) is 47.4. The lowest BCUT2D eigenvalue weighted by Crippen LogP contribution is -2.31. The molecule has 0 fully saturated rings. The molecular weight excluding hydrogens is 844 g/mol. The van der Waals surface area contributed by atoms with Crippen LogP contribution in [0.4, 0.5) is 22.0 Å². The molecule has 6 aromatic rings. The maximum Gasteiger partial charge on any atom is 0.417 e. The van der Waals surface area contributed by atoms with E-state index in [4.69, 9.17) is 9.47 Å². The van der Waals surface area contributed by atoms with Gasteiger partial charge in [-0.15, -0.1) is 0 Å². The molecule has 0 saturated carbocycles. The number of carboxylic acids is 2. The van der Waals surface area contributed by atoms with E-state index in [0.717, 1.165) is 23.3 Å². The zero-order valence-corrected chi connectivity index (χ0v) is 34.7. The average Bonchev–Trinajstić information content (AvgIpc) is 3.25. The Labute approximate surface area is 363 Å². The average molecular weight is 885 g/mol. The molecule has 4 aromatic carbocycles. The number of carbonyl (C=O) groups is 4. The van der Waals surface area contributed by atoms with Crippen LogP contribution < -0.4 is 20.1 Å². The molecule has 0 unspecified atom stereocenters. The summed E-state index contributed by atoms with van der Waals surface area (Å²) < 4.78 is 78.6. The van der Waals surface area contributed by atoms with Gasteiger partial charge in [0.1, 0.15) is 45.9 Å². The number of benzene rings is 4. The monoisotopic (exact) mass is 884 g/mol. The number of nitrogens with zero attached hydrogens (tertiary/aromatic N) is 2. The summed E-state index contributed by atoms with van der Waals surface area (Å²) in [6.07, 6.45) is -5.35. The molecule has 0 aliphatic carbocycles. The normalized spacial score (nSPS) is 11.9. The molecule has 4 N–H and O–H groups in total. The molecule has 6 rings (SSSR count). The summed E-state index contributed by atoms with van der Waals surface area (Å²) in [5, 5.41) is 23.9. The van der Waals surface area contributed by atoms with Gasteiger partial charge in [-0.1, -0.05) is 66.7 Å². The number of carboxylic acid groups (broad SMARTS) is 2. The highest BCUT2D eigenvalue weighted by Gasteiger charge is 2.35. The lowest BCUT2D eigenvalue weighted by Gasteiger charge is -2.20. The summed E-state index contributed by atoms with van der Waals surface area (Å²) in [6, 6.07) is 25.8. The minimum Gasteiger partial charge on any atom is -0.494 e. The fourth-order valence-corrected chi connectivity index (χ4v) is 6.73. The van der Waals surface area contributed by atoms with Crippen LogP contribution in [0.15, 0.2) is 115 Å². The number of rotatable bonds is 14. The second-order valence-corrected chi connectivity index (χ2v) is 14.1. The van der Waals surface area contributed by atoms with E-state index in [0.29, 0.717) is 17.2 Å². The van der Waals surface area contributed by atoms with Gasteiger partial charge in [0.05, 0.1) is 44.7 Å². The Morgan fingerprint density at radius 3 is 1.47 bits per heavy atom. The molecule has 2 atom stereocenters. The lowest BCUT2D eigenvalue weighted by atomic mass is 9.98. The molecule has 2 heterocycles. The van der Waals surface area contributed by atoms with Gasteiger partial charge in [0, 0.05) is 17.2 Å². The van der Waals surface area contributed by atoms with E-state index in [1.54, 1.807) is 43.3 Å². The number of hydrogen-bond donors (Lipinski definition) is 4. The van der Waals surface area contributed by atoms with Crippen molar-refractivity contribution in [2.24, 2.45) is 0 Å². The third-order valence-corrected chi connectivity index (χ3v) is 9.79. The number of aromatic nitrogens is 2. The van der Waals surface area contributed by atoms with Gasteiger partial charge in [-0.3, -0.25) is 19.2 Å². The molecule has 0 radical (unpaired) electrons. The number of ether oxygens (including phenoxy) is 2. The van der Waals surface area contributed by atoms with Gasteiger partial charge in [0.15, 0.2) is 0 Å². The minimum absolute atomic E-state index is 0.0262. The van der Waals surface area contributed by atoms with Crippen LogP contribution in [0.1, 0.15) is 73.7 Å². The van der Waals surface area contributed by atoms with Crippen LogP contribution in [0.5, 0.6) is 11.5 Å². The molecular formula is C47H41F5N4O8. The van der Waals surface area contributed by atoms with Crippen LogP contribution in [0.2, 0.25) is 0 Å². The van der Waals surface area contributed by atoms with Crippen LogP contribution >= 0.6 is 0 Å². The summed E-state index contributed by atoms with van der Waals surface area (Å²) in [7, 11) is 2.65.